The van der Waals surface area contributed by atoms with Gasteiger partial charge in [0.15, 0.2) is 16.5 Å². The normalized spacial score (nSPS) is 11.6. The van der Waals surface area contributed by atoms with E-state index < -0.39 is 18.0 Å². The van der Waals surface area contributed by atoms with Crippen LogP contribution in [0.5, 0.6) is 5.75 Å². The Bertz CT molecular complexity index is 1220. The van der Waals surface area contributed by atoms with Crippen molar-refractivity contribution in [1.29, 1.82) is 0 Å². The summed E-state index contributed by atoms with van der Waals surface area (Å²) in [6, 6.07) is 19.3. The molecular formula is C24H20N2O5S. The maximum absolute atomic E-state index is 13.1. The van der Waals surface area contributed by atoms with E-state index in [1.807, 2.05) is 6.07 Å². The maximum atomic E-state index is 13.1. The van der Waals surface area contributed by atoms with Gasteiger partial charge in [-0.15, -0.1) is 11.3 Å². The molecule has 1 amide bonds. The monoisotopic (exact) mass is 448 g/mol. The van der Waals surface area contributed by atoms with E-state index >= 15 is 0 Å². The molecule has 4 aromatic rings. The lowest BCUT2D eigenvalue weighted by molar-refractivity contribution is -0.125. The van der Waals surface area contributed by atoms with Gasteiger partial charge in [0.1, 0.15) is 5.75 Å². The SMILES string of the molecule is COc1cccc(NC(=O)C(OC(=O)c2nc(-c3ccco3)sc2C)c2ccccc2)c1. The van der Waals surface area contributed by atoms with Crippen LogP contribution in [0.1, 0.15) is 27.0 Å². The summed E-state index contributed by atoms with van der Waals surface area (Å²) in [7, 11) is 1.54. The van der Waals surface area contributed by atoms with Gasteiger partial charge in [-0.05, 0) is 31.2 Å². The molecule has 4 rings (SSSR count). The van der Waals surface area contributed by atoms with Crippen molar-refractivity contribution < 1.29 is 23.5 Å². The molecule has 0 spiro atoms. The average molecular weight is 449 g/mol. The highest BCUT2D eigenvalue weighted by Gasteiger charge is 2.28. The standard InChI is InChI=1S/C24H20N2O5S/c1-15-20(26-23(32-15)19-12-7-13-30-19)24(28)31-21(16-8-4-3-5-9-16)22(27)25-17-10-6-11-18(14-17)29-2/h3-14,21H,1-2H3,(H,25,27). The van der Waals surface area contributed by atoms with E-state index in [1.165, 1.54) is 11.3 Å². The zero-order chi connectivity index (χ0) is 22.5. The molecule has 1 atom stereocenters. The Balaban J connectivity index is 1.59. The third-order valence-electron chi connectivity index (χ3n) is 4.62. The van der Waals surface area contributed by atoms with Crippen molar-refractivity contribution in [1.82, 2.24) is 4.98 Å². The van der Waals surface area contributed by atoms with Crippen molar-refractivity contribution in [2.45, 2.75) is 13.0 Å². The predicted octanol–water partition coefficient (Wildman–Crippen LogP) is 5.26. The number of thiazole rings is 1. The molecule has 162 valence electrons. The predicted molar refractivity (Wildman–Crippen MR) is 121 cm³/mol. The van der Waals surface area contributed by atoms with Crippen LogP contribution in [0.4, 0.5) is 5.69 Å². The van der Waals surface area contributed by atoms with Crippen molar-refractivity contribution in [2.24, 2.45) is 0 Å². The van der Waals surface area contributed by atoms with Gasteiger partial charge in [0, 0.05) is 22.2 Å². The fourth-order valence-electron chi connectivity index (χ4n) is 3.06. The van der Waals surface area contributed by atoms with Gasteiger partial charge >= 0.3 is 5.97 Å². The summed E-state index contributed by atoms with van der Waals surface area (Å²) in [6.45, 7) is 1.77. The van der Waals surface area contributed by atoms with E-state index in [0.29, 0.717) is 32.6 Å². The van der Waals surface area contributed by atoms with Crippen LogP contribution in [0.15, 0.2) is 77.4 Å². The van der Waals surface area contributed by atoms with Crippen molar-refractivity contribution in [3.05, 3.63) is 89.1 Å². The van der Waals surface area contributed by atoms with Crippen molar-refractivity contribution in [3.63, 3.8) is 0 Å². The number of aromatic nitrogens is 1. The molecule has 0 aliphatic rings. The van der Waals surface area contributed by atoms with Crippen LogP contribution in [0.3, 0.4) is 0 Å². The quantitative estimate of drug-likeness (QED) is 0.388. The number of furan rings is 1. The number of aryl methyl sites for hydroxylation is 1. The number of esters is 1. The van der Waals surface area contributed by atoms with E-state index in [2.05, 4.69) is 10.3 Å². The number of carbonyl (C=O) groups excluding carboxylic acids is 2. The lowest BCUT2D eigenvalue weighted by atomic mass is 10.1. The second kappa shape index (κ2) is 9.49. The molecule has 0 radical (unpaired) electrons. The summed E-state index contributed by atoms with van der Waals surface area (Å²) in [5, 5.41) is 3.35. The highest BCUT2D eigenvalue weighted by molar-refractivity contribution is 7.15. The fraction of sp³-hybridized carbons (Fsp3) is 0.125. The van der Waals surface area contributed by atoms with Gasteiger partial charge < -0.3 is 19.2 Å². The first-order valence-electron chi connectivity index (χ1n) is 9.77. The molecule has 0 saturated carbocycles. The zero-order valence-corrected chi connectivity index (χ0v) is 18.2. The Kier molecular flexibility index (Phi) is 6.32. The lowest BCUT2D eigenvalue weighted by Gasteiger charge is -2.18. The first-order chi connectivity index (χ1) is 15.5. The van der Waals surface area contributed by atoms with Crippen LogP contribution in [0.25, 0.3) is 10.8 Å². The Labute approximate surface area is 188 Å². The molecule has 0 fully saturated rings. The van der Waals surface area contributed by atoms with Crippen LogP contribution in [0.2, 0.25) is 0 Å². The third kappa shape index (κ3) is 4.70. The van der Waals surface area contributed by atoms with E-state index in [0.717, 1.165) is 0 Å². The summed E-state index contributed by atoms with van der Waals surface area (Å²) >= 11 is 1.32. The Hall–Kier alpha value is -3.91. The van der Waals surface area contributed by atoms with E-state index in [-0.39, 0.29) is 5.69 Å². The molecular weight excluding hydrogens is 428 g/mol. The molecule has 0 aliphatic heterocycles. The van der Waals surface area contributed by atoms with E-state index in [1.54, 1.807) is 81.0 Å². The molecule has 2 aromatic heterocycles. The molecule has 32 heavy (non-hydrogen) atoms. The molecule has 8 heteroatoms. The summed E-state index contributed by atoms with van der Waals surface area (Å²) < 4.78 is 16.2. The minimum Gasteiger partial charge on any atom is -0.497 e. The number of ether oxygens (including phenoxy) is 2. The number of hydrogen-bond donors (Lipinski definition) is 1. The molecule has 1 unspecified atom stereocenters. The molecule has 2 heterocycles. The number of methoxy groups -OCH3 is 1. The number of nitrogens with one attached hydrogen (secondary N) is 1. The van der Waals surface area contributed by atoms with Crippen molar-refractivity contribution in [2.75, 3.05) is 12.4 Å². The van der Waals surface area contributed by atoms with E-state index in [4.69, 9.17) is 13.9 Å². The molecule has 7 nitrogen and oxygen atoms in total. The highest BCUT2D eigenvalue weighted by Crippen LogP contribution is 2.30. The van der Waals surface area contributed by atoms with Crippen molar-refractivity contribution in [3.8, 4) is 16.5 Å². The van der Waals surface area contributed by atoms with Gasteiger partial charge in [-0.1, -0.05) is 36.4 Å². The smallest absolute Gasteiger partial charge is 0.359 e. The zero-order valence-electron chi connectivity index (χ0n) is 17.4. The largest absolute Gasteiger partial charge is 0.497 e. The second-order valence-electron chi connectivity index (χ2n) is 6.82. The number of nitrogens with zero attached hydrogens (tertiary/aromatic N) is 1. The summed E-state index contributed by atoms with van der Waals surface area (Å²) in [4.78, 5) is 31.1. The molecule has 0 saturated heterocycles. The minimum atomic E-state index is -1.16. The van der Waals surface area contributed by atoms with Crippen LogP contribution >= 0.6 is 11.3 Å². The number of carbonyl (C=O) groups is 2. The second-order valence-corrected chi connectivity index (χ2v) is 8.02. The maximum Gasteiger partial charge on any atom is 0.359 e. The fourth-order valence-corrected chi connectivity index (χ4v) is 3.93. The van der Waals surface area contributed by atoms with E-state index in [9.17, 15) is 9.59 Å². The van der Waals surface area contributed by atoms with Crippen LogP contribution in [-0.2, 0) is 9.53 Å². The number of amides is 1. The average Bonchev–Trinajstić information content (AvgIpc) is 3.48. The van der Waals surface area contributed by atoms with Gasteiger partial charge in [0.2, 0.25) is 6.10 Å². The third-order valence-corrected chi connectivity index (χ3v) is 5.61. The molecule has 2 aromatic carbocycles. The topological polar surface area (TPSA) is 90.7 Å². The van der Waals surface area contributed by atoms with Gasteiger partial charge in [0.05, 0.1) is 13.4 Å². The Morgan fingerprint density at radius 3 is 2.59 bits per heavy atom. The number of benzene rings is 2. The molecule has 0 aliphatic carbocycles. The van der Waals surface area contributed by atoms with Gasteiger partial charge in [0.25, 0.3) is 5.91 Å². The first-order valence-corrected chi connectivity index (χ1v) is 10.6. The van der Waals surface area contributed by atoms with Crippen molar-refractivity contribution >= 4 is 28.9 Å². The summed E-state index contributed by atoms with van der Waals surface area (Å²) in [6.07, 6.45) is 0.376. The number of hydrogen-bond acceptors (Lipinski definition) is 7. The van der Waals surface area contributed by atoms with Crippen LogP contribution in [-0.4, -0.2) is 24.0 Å². The summed E-state index contributed by atoms with van der Waals surface area (Å²) in [5.41, 5.74) is 1.22. The minimum absolute atomic E-state index is 0.150. The molecule has 1 N–H and O–H groups in total. The van der Waals surface area contributed by atoms with Crippen LogP contribution in [0, 0.1) is 6.92 Å². The van der Waals surface area contributed by atoms with Gasteiger partial charge in [-0.25, -0.2) is 9.78 Å². The Morgan fingerprint density at radius 2 is 1.88 bits per heavy atom. The van der Waals surface area contributed by atoms with Crippen LogP contribution < -0.4 is 10.1 Å². The highest BCUT2D eigenvalue weighted by atomic mass is 32.1. The number of rotatable bonds is 7. The lowest BCUT2D eigenvalue weighted by Crippen LogP contribution is -2.26. The van der Waals surface area contributed by atoms with Gasteiger partial charge in [-0.2, -0.15) is 0 Å². The summed E-state index contributed by atoms with van der Waals surface area (Å²) in [5.74, 6) is -0.0183. The first kappa shape index (κ1) is 21.3. The van der Waals surface area contributed by atoms with Gasteiger partial charge in [-0.3, -0.25) is 4.79 Å². The molecule has 0 bridgehead atoms. The Morgan fingerprint density at radius 1 is 1.06 bits per heavy atom. The number of anilines is 1.